The van der Waals surface area contributed by atoms with E-state index in [9.17, 15) is 0 Å². The largest absolute Gasteiger partial charge is 0.395 e. The molecule has 0 fully saturated rings. The Kier molecular flexibility index (Phi) is 4.60. The van der Waals surface area contributed by atoms with Crippen molar-refractivity contribution in [2.24, 2.45) is 0 Å². The van der Waals surface area contributed by atoms with E-state index in [2.05, 4.69) is 20.6 Å². The molecule has 6 heteroatoms. The van der Waals surface area contributed by atoms with E-state index in [1.54, 1.807) is 0 Å². The van der Waals surface area contributed by atoms with Crippen molar-refractivity contribution in [3.05, 3.63) is 53.1 Å². The molecule has 0 spiro atoms. The highest BCUT2D eigenvalue weighted by atomic mass is 35.5. The highest BCUT2D eigenvalue weighted by molar-refractivity contribution is 6.30. The van der Waals surface area contributed by atoms with Gasteiger partial charge in [0.25, 0.3) is 0 Å². The molecule has 3 N–H and O–H groups in total. The third kappa shape index (κ3) is 3.52. The molecule has 3 rings (SSSR count). The number of nitrogens with zero attached hydrogens (tertiary/aromatic N) is 2. The molecule has 23 heavy (non-hydrogen) atoms. The van der Waals surface area contributed by atoms with E-state index < -0.39 is 0 Å². The normalized spacial score (nSPS) is 10.7. The van der Waals surface area contributed by atoms with Gasteiger partial charge in [-0.3, -0.25) is 0 Å². The van der Waals surface area contributed by atoms with E-state index >= 15 is 0 Å². The van der Waals surface area contributed by atoms with Crippen LogP contribution in [0.2, 0.25) is 5.02 Å². The molecule has 3 aromatic rings. The third-order valence-electron chi connectivity index (χ3n) is 3.44. The first-order valence-electron chi connectivity index (χ1n) is 7.32. The fourth-order valence-electron chi connectivity index (χ4n) is 2.33. The second-order valence-electron chi connectivity index (χ2n) is 5.15. The van der Waals surface area contributed by atoms with E-state index in [-0.39, 0.29) is 6.61 Å². The lowest BCUT2D eigenvalue weighted by molar-refractivity contribution is 0.311. The molecule has 1 heterocycles. The van der Waals surface area contributed by atoms with Crippen molar-refractivity contribution in [2.75, 3.05) is 23.8 Å². The number of fused-ring (bicyclic) bond motifs is 1. The quantitative estimate of drug-likeness (QED) is 0.665. The summed E-state index contributed by atoms with van der Waals surface area (Å²) in [5.74, 6) is 1.19. The van der Waals surface area contributed by atoms with Gasteiger partial charge in [0, 0.05) is 22.6 Å². The Hall–Kier alpha value is -2.37. The Morgan fingerprint density at radius 3 is 2.74 bits per heavy atom. The molecule has 1 aromatic heterocycles. The first-order valence-corrected chi connectivity index (χ1v) is 7.70. The van der Waals surface area contributed by atoms with Gasteiger partial charge in [-0.1, -0.05) is 23.7 Å². The van der Waals surface area contributed by atoms with Crippen LogP contribution in [0.3, 0.4) is 0 Å². The zero-order valence-electron chi connectivity index (χ0n) is 12.7. The number of hydrogen-bond acceptors (Lipinski definition) is 5. The van der Waals surface area contributed by atoms with Gasteiger partial charge < -0.3 is 15.7 Å². The Bertz CT molecular complexity index is 838. The first kappa shape index (κ1) is 15.5. The van der Waals surface area contributed by atoms with Crippen molar-refractivity contribution >= 4 is 40.0 Å². The fourth-order valence-corrected chi connectivity index (χ4v) is 2.56. The van der Waals surface area contributed by atoms with Gasteiger partial charge in [-0.25, -0.2) is 4.98 Å². The minimum atomic E-state index is 0.0391. The lowest BCUT2D eigenvalue weighted by Gasteiger charge is -2.12. The summed E-state index contributed by atoms with van der Waals surface area (Å²) in [6.45, 7) is 2.44. The van der Waals surface area contributed by atoms with Crippen LogP contribution in [-0.2, 0) is 0 Å². The van der Waals surface area contributed by atoms with Gasteiger partial charge in [-0.15, -0.1) is 0 Å². The molecule has 0 unspecified atom stereocenters. The fraction of sp³-hybridized carbons (Fsp3) is 0.176. The van der Waals surface area contributed by atoms with Gasteiger partial charge in [0.2, 0.25) is 5.95 Å². The molecule has 2 aromatic carbocycles. The summed E-state index contributed by atoms with van der Waals surface area (Å²) in [4.78, 5) is 9.06. The van der Waals surface area contributed by atoms with Crippen molar-refractivity contribution in [1.29, 1.82) is 0 Å². The van der Waals surface area contributed by atoms with E-state index in [1.165, 1.54) is 0 Å². The number of para-hydroxylation sites is 1. The van der Waals surface area contributed by atoms with Crippen LogP contribution in [0.4, 0.5) is 17.5 Å². The highest BCUT2D eigenvalue weighted by Gasteiger charge is 2.08. The zero-order valence-corrected chi connectivity index (χ0v) is 13.4. The standard InChI is InChI=1S/C17H17ClN4O/c1-11-10-12(18)6-7-14(11)20-17-21-15-5-3-2-4-13(15)16(22-17)19-8-9-23/h2-7,10,23H,8-9H2,1H3,(H2,19,20,21,22). The van der Waals surface area contributed by atoms with Crippen molar-refractivity contribution in [2.45, 2.75) is 6.92 Å². The van der Waals surface area contributed by atoms with Crippen LogP contribution in [0.5, 0.6) is 0 Å². The van der Waals surface area contributed by atoms with E-state index in [4.69, 9.17) is 16.7 Å². The Balaban J connectivity index is 2.00. The summed E-state index contributed by atoms with van der Waals surface area (Å²) >= 11 is 5.99. The first-order chi connectivity index (χ1) is 11.2. The predicted octanol–water partition coefficient (Wildman–Crippen LogP) is 3.74. The molecule has 0 radical (unpaired) electrons. The number of aliphatic hydroxyl groups is 1. The van der Waals surface area contributed by atoms with Crippen LogP contribution in [0, 0.1) is 6.92 Å². The molecule has 118 valence electrons. The number of aryl methyl sites for hydroxylation is 1. The smallest absolute Gasteiger partial charge is 0.229 e. The van der Waals surface area contributed by atoms with E-state index in [0.29, 0.717) is 23.3 Å². The molecule has 5 nitrogen and oxygen atoms in total. The number of rotatable bonds is 5. The summed E-state index contributed by atoms with van der Waals surface area (Å²) < 4.78 is 0. The van der Waals surface area contributed by atoms with E-state index in [0.717, 1.165) is 22.2 Å². The average molecular weight is 329 g/mol. The Labute approximate surface area is 139 Å². The number of aromatic nitrogens is 2. The molecule has 0 aliphatic carbocycles. The number of benzene rings is 2. The number of anilines is 3. The van der Waals surface area contributed by atoms with E-state index in [1.807, 2.05) is 49.4 Å². The maximum atomic E-state index is 9.03. The average Bonchev–Trinajstić information content (AvgIpc) is 2.55. The topological polar surface area (TPSA) is 70.1 Å². The Morgan fingerprint density at radius 1 is 1.13 bits per heavy atom. The number of hydrogen-bond donors (Lipinski definition) is 3. The summed E-state index contributed by atoms with van der Waals surface area (Å²) in [6.07, 6.45) is 0. The second kappa shape index (κ2) is 6.81. The van der Waals surface area contributed by atoms with Crippen LogP contribution in [0.15, 0.2) is 42.5 Å². The maximum absolute atomic E-state index is 9.03. The number of halogens is 1. The molecule has 0 saturated carbocycles. The lowest BCUT2D eigenvalue weighted by atomic mass is 10.2. The van der Waals surface area contributed by atoms with Crippen LogP contribution in [0.1, 0.15) is 5.56 Å². The molecule has 0 saturated heterocycles. The summed E-state index contributed by atoms with van der Waals surface area (Å²) in [5.41, 5.74) is 2.74. The molecule has 0 atom stereocenters. The molecule has 0 aliphatic heterocycles. The number of nitrogens with one attached hydrogen (secondary N) is 2. The van der Waals surface area contributed by atoms with Gasteiger partial charge in [-0.05, 0) is 42.8 Å². The molecule has 0 aliphatic rings. The van der Waals surface area contributed by atoms with Gasteiger partial charge in [0.15, 0.2) is 0 Å². The highest BCUT2D eigenvalue weighted by Crippen LogP contribution is 2.26. The number of aliphatic hydroxyl groups excluding tert-OH is 1. The minimum Gasteiger partial charge on any atom is -0.395 e. The SMILES string of the molecule is Cc1cc(Cl)ccc1Nc1nc(NCCO)c2ccccc2n1. The Morgan fingerprint density at radius 2 is 1.96 bits per heavy atom. The maximum Gasteiger partial charge on any atom is 0.229 e. The van der Waals surface area contributed by atoms with Crippen LogP contribution < -0.4 is 10.6 Å². The van der Waals surface area contributed by atoms with Crippen molar-refractivity contribution < 1.29 is 5.11 Å². The van der Waals surface area contributed by atoms with Gasteiger partial charge in [-0.2, -0.15) is 4.98 Å². The van der Waals surface area contributed by atoms with Crippen LogP contribution >= 0.6 is 11.6 Å². The molecular formula is C17H17ClN4O. The molecule has 0 bridgehead atoms. The van der Waals surface area contributed by atoms with Gasteiger partial charge in [0.1, 0.15) is 5.82 Å². The summed E-state index contributed by atoms with van der Waals surface area (Å²) in [5, 5.41) is 17.0. The lowest BCUT2D eigenvalue weighted by Crippen LogP contribution is -2.09. The monoisotopic (exact) mass is 328 g/mol. The van der Waals surface area contributed by atoms with Crippen LogP contribution in [0.25, 0.3) is 10.9 Å². The van der Waals surface area contributed by atoms with Crippen molar-refractivity contribution in [3.8, 4) is 0 Å². The van der Waals surface area contributed by atoms with Crippen LogP contribution in [-0.4, -0.2) is 28.2 Å². The predicted molar refractivity (Wildman–Crippen MR) is 94.6 cm³/mol. The van der Waals surface area contributed by atoms with Crippen molar-refractivity contribution in [1.82, 2.24) is 9.97 Å². The van der Waals surface area contributed by atoms with Gasteiger partial charge >= 0.3 is 0 Å². The summed E-state index contributed by atoms with van der Waals surface area (Å²) in [7, 11) is 0. The zero-order chi connectivity index (χ0) is 16.2. The molecular weight excluding hydrogens is 312 g/mol. The third-order valence-corrected chi connectivity index (χ3v) is 3.68. The van der Waals surface area contributed by atoms with Crippen molar-refractivity contribution in [3.63, 3.8) is 0 Å². The summed E-state index contributed by atoms with van der Waals surface area (Å²) in [6, 6.07) is 13.4. The minimum absolute atomic E-state index is 0.0391. The van der Waals surface area contributed by atoms with Gasteiger partial charge in [0.05, 0.1) is 12.1 Å². The molecule has 0 amide bonds. The second-order valence-corrected chi connectivity index (χ2v) is 5.58.